The van der Waals surface area contributed by atoms with Crippen molar-refractivity contribution in [1.82, 2.24) is 9.80 Å². The van der Waals surface area contributed by atoms with Gasteiger partial charge in [-0.15, -0.1) is 0 Å². The minimum absolute atomic E-state index is 0.0403. The highest BCUT2D eigenvalue weighted by Gasteiger charge is 2.77. The van der Waals surface area contributed by atoms with Crippen molar-refractivity contribution >= 4 is 17.3 Å². The van der Waals surface area contributed by atoms with Crippen molar-refractivity contribution in [2.24, 2.45) is 0 Å². The van der Waals surface area contributed by atoms with Crippen molar-refractivity contribution in [3.63, 3.8) is 0 Å². The number of para-hydroxylation sites is 1. The van der Waals surface area contributed by atoms with Crippen LogP contribution in [0.3, 0.4) is 0 Å². The van der Waals surface area contributed by atoms with Crippen molar-refractivity contribution in [2.75, 3.05) is 30.4 Å². The first-order chi connectivity index (χ1) is 18.4. The minimum Gasteiger partial charge on any atom is -0.365 e. The molecule has 6 aliphatic heterocycles. The van der Waals surface area contributed by atoms with Crippen LogP contribution in [0.25, 0.3) is 0 Å². The molecule has 38 heavy (non-hydrogen) atoms. The molecule has 6 nitrogen and oxygen atoms in total. The normalized spacial score (nSPS) is 38.7. The lowest BCUT2D eigenvalue weighted by Gasteiger charge is -2.62. The number of benzene rings is 2. The number of rotatable bonds is 3. The topological polar surface area (TPSA) is 51.4 Å². The Morgan fingerprint density at radius 3 is 2.63 bits per heavy atom. The lowest BCUT2D eigenvalue weighted by molar-refractivity contribution is -0.137. The van der Waals surface area contributed by atoms with Gasteiger partial charge < -0.3 is 19.9 Å². The molecule has 0 aliphatic carbocycles. The zero-order valence-corrected chi connectivity index (χ0v) is 22.6. The molecule has 8 rings (SSSR count). The quantitative estimate of drug-likeness (QED) is 0.370. The first kappa shape index (κ1) is 22.9. The van der Waals surface area contributed by atoms with Gasteiger partial charge in [-0.2, -0.15) is 0 Å². The number of amides is 1. The van der Waals surface area contributed by atoms with Gasteiger partial charge in [0.2, 0.25) is 5.91 Å². The average molecular weight is 509 g/mol. The number of likely N-dealkylation sites (N-methyl/N-ethyl adjacent to an activating group) is 1. The Bertz CT molecular complexity index is 1430. The van der Waals surface area contributed by atoms with E-state index in [1.54, 1.807) is 6.08 Å². The van der Waals surface area contributed by atoms with Gasteiger partial charge in [0.1, 0.15) is 12.3 Å². The second-order valence-electron chi connectivity index (χ2n) is 12.5. The van der Waals surface area contributed by atoms with E-state index >= 15 is 0 Å². The summed E-state index contributed by atoms with van der Waals surface area (Å²) < 4.78 is 6.43. The molecule has 6 heteroatoms. The molecule has 6 aliphatic rings. The Morgan fingerprint density at radius 1 is 1.05 bits per heavy atom. The molecule has 1 N–H and O–H groups in total. The van der Waals surface area contributed by atoms with Crippen LogP contribution in [0.15, 0.2) is 66.8 Å². The Labute approximate surface area is 224 Å². The summed E-state index contributed by atoms with van der Waals surface area (Å²) in [5.74, 6) is 0.104. The number of anilines is 2. The Kier molecular flexibility index (Phi) is 4.39. The van der Waals surface area contributed by atoms with E-state index in [-0.39, 0.29) is 46.8 Å². The summed E-state index contributed by atoms with van der Waals surface area (Å²) in [7, 11) is 2.25. The van der Waals surface area contributed by atoms with E-state index in [2.05, 4.69) is 83.4 Å². The van der Waals surface area contributed by atoms with Crippen LogP contribution in [0.1, 0.15) is 56.3 Å². The molecule has 0 aromatic heterocycles. The van der Waals surface area contributed by atoms with Crippen molar-refractivity contribution in [2.45, 2.75) is 74.5 Å². The third-order valence-electron chi connectivity index (χ3n) is 10.7. The van der Waals surface area contributed by atoms with Crippen molar-refractivity contribution < 1.29 is 9.53 Å². The van der Waals surface area contributed by atoms with E-state index in [4.69, 9.17) is 4.74 Å². The number of nitrogens with zero attached hydrogens (tertiary/aromatic N) is 3. The number of piperidine rings is 1. The van der Waals surface area contributed by atoms with E-state index < -0.39 is 0 Å². The molecular formula is C32H36N4O2. The van der Waals surface area contributed by atoms with Gasteiger partial charge in [0.05, 0.1) is 23.2 Å². The fraction of sp³-hybridized carbons (Fsp3) is 0.469. The van der Waals surface area contributed by atoms with Crippen LogP contribution in [0.2, 0.25) is 0 Å². The molecule has 0 radical (unpaired) electrons. The molecule has 0 saturated carbocycles. The van der Waals surface area contributed by atoms with Crippen LogP contribution < -0.4 is 10.2 Å². The molecule has 6 heterocycles. The summed E-state index contributed by atoms with van der Waals surface area (Å²) in [6.07, 6.45) is 9.76. The van der Waals surface area contributed by atoms with Gasteiger partial charge in [0.15, 0.2) is 0 Å². The smallest absolute Gasteiger partial charge is 0.247 e. The van der Waals surface area contributed by atoms with Crippen LogP contribution in [0.4, 0.5) is 11.4 Å². The number of nitrogens with one attached hydrogen (secondary N) is 1. The molecular weight excluding hydrogens is 472 g/mol. The number of hydrogen-bond acceptors (Lipinski definition) is 5. The van der Waals surface area contributed by atoms with Gasteiger partial charge in [-0.05, 0) is 62.4 Å². The maximum Gasteiger partial charge on any atom is 0.247 e. The fourth-order valence-corrected chi connectivity index (χ4v) is 9.30. The van der Waals surface area contributed by atoms with Crippen molar-refractivity contribution in [3.8, 4) is 0 Å². The van der Waals surface area contributed by atoms with Gasteiger partial charge in [0, 0.05) is 43.0 Å². The lowest BCUT2D eigenvalue weighted by atomic mass is 9.50. The lowest BCUT2D eigenvalue weighted by Crippen LogP contribution is -2.73. The predicted molar refractivity (Wildman–Crippen MR) is 149 cm³/mol. The van der Waals surface area contributed by atoms with Crippen molar-refractivity contribution in [3.05, 3.63) is 83.5 Å². The number of carbonyl (C=O) groups excluding carboxylic acids is 1. The zero-order chi connectivity index (χ0) is 26.0. The minimum atomic E-state index is -0.217. The Balaban J connectivity index is 1.44. The summed E-state index contributed by atoms with van der Waals surface area (Å²) in [5, 5.41) is 4.01. The van der Waals surface area contributed by atoms with Gasteiger partial charge in [-0.1, -0.05) is 48.6 Å². The third kappa shape index (κ3) is 2.45. The zero-order valence-electron chi connectivity index (χ0n) is 22.6. The maximum absolute atomic E-state index is 13.9. The van der Waals surface area contributed by atoms with Crippen LogP contribution in [-0.2, 0) is 20.4 Å². The number of likely N-dealkylation sites (tertiary alicyclic amines) is 1. The first-order valence-electron chi connectivity index (χ1n) is 14.1. The molecule has 2 bridgehead atoms. The van der Waals surface area contributed by atoms with Crippen LogP contribution >= 0.6 is 0 Å². The number of ether oxygens (including phenoxy) is 1. The van der Waals surface area contributed by atoms with Gasteiger partial charge in [-0.25, -0.2) is 0 Å². The number of allylic oxidation sites excluding steroid dienone is 3. The second-order valence-corrected chi connectivity index (χ2v) is 12.5. The van der Waals surface area contributed by atoms with Gasteiger partial charge in [0.25, 0.3) is 0 Å². The highest BCUT2D eigenvalue weighted by Crippen LogP contribution is 2.72. The van der Waals surface area contributed by atoms with E-state index in [9.17, 15) is 4.79 Å². The molecule has 2 aromatic carbocycles. The monoisotopic (exact) mass is 508 g/mol. The molecule has 1 amide bonds. The highest BCUT2D eigenvalue weighted by molar-refractivity contribution is 5.89. The van der Waals surface area contributed by atoms with Gasteiger partial charge in [-0.3, -0.25) is 9.69 Å². The molecule has 7 atom stereocenters. The highest BCUT2D eigenvalue weighted by atomic mass is 16.6. The number of hydrogen-bond donors (Lipinski definition) is 1. The summed E-state index contributed by atoms with van der Waals surface area (Å²) in [4.78, 5) is 21.3. The molecule has 2 spiro atoms. The van der Waals surface area contributed by atoms with Crippen LogP contribution in [0.5, 0.6) is 0 Å². The average Bonchev–Trinajstić information content (AvgIpc) is 3.31. The van der Waals surface area contributed by atoms with Crippen LogP contribution in [-0.4, -0.2) is 59.9 Å². The third-order valence-corrected chi connectivity index (χ3v) is 10.7. The summed E-state index contributed by atoms with van der Waals surface area (Å²) >= 11 is 0. The van der Waals surface area contributed by atoms with E-state index in [0.717, 1.165) is 25.9 Å². The Morgan fingerprint density at radius 2 is 1.84 bits per heavy atom. The molecule has 3 saturated heterocycles. The number of epoxide rings is 1. The summed E-state index contributed by atoms with van der Waals surface area (Å²) in [5.41, 5.74) is 6.27. The standard InChI is InChI=1S/C32H36N4O2/c1-5-6-7-15-24(37)35-18-16-31-21-12-8-9-13-22(21)33-28-32(31)17-19-36(29(31)35)26(27-30(2,3)38-27)20-11-10-14-23(25(20)32)34(28)4/h5-15,26-29,33H,16-19H2,1-4H3/b6-5+,15-7+/t26-,27+,28+,29+,31-,32-/m1/s1. The van der Waals surface area contributed by atoms with Gasteiger partial charge >= 0.3 is 0 Å². The predicted octanol–water partition coefficient (Wildman–Crippen LogP) is 4.69. The van der Waals surface area contributed by atoms with E-state index in [0.29, 0.717) is 0 Å². The SMILES string of the molecule is C/C=C/C=C/C(=O)N1CC[C@]23c4ccccc4N[C@H]4N(C)c5cccc6c5[C@]42CCN([C@H]6[C@@H]2OC2(C)C)[C@H]13. The molecule has 3 fully saturated rings. The molecule has 2 aromatic rings. The fourth-order valence-electron chi connectivity index (χ4n) is 9.30. The number of carbonyl (C=O) groups is 1. The van der Waals surface area contributed by atoms with E-state index in [1.807, 2.05) is 25.2 Å². The van der Waals surface area contributed by atoms with Crippen LogP contribution in [0, 0.1) is 0 Å². The maximum atomic E-state index is 13.9. The van der Waals surface area contributed by atoms with Crippen molar-refractivity contribution in [1.29, 1.82) is 0 Å². The second kappa shape index (κ2) is 7.30. The van der Waals surface area contributed by atoms with E-state index in [1.165, 1.54) is 28.1 Å². The Hall–Kier alpha value is -3.09. The largest absolute Gasteiger partial charge is 0.365 e. The summed E-state index contributed by atoms with van der Waals surface area (Å²) in [6, 6.07) is 15.9. The molecule has 1 unspecified atom stereocenters. The number of fused-ring (bicyclic) bond motifs is 1. The first-order valence-corrected chi connectivity index (χ1v) is 14.1. The summed E-state index contributed by atoms with van der Waals surface area (Å²) in [6.45, 7) is 8.10. The molecule has 196 valence electrons.